The number of halogens is 2. The van der Waals surface area contributed by atoms with Crippen LogP contribution >= 0.6 is 0 Å². The van der Waals surface area contributed by atoms with Crippen molar-refractivity contribution in [1.29, 1.82) is 0 Å². The second kappa shape index (κ2) is 13.5. The zero-order valence-corrected chi connectivity index (χ0v) is 30.1. The highest BCUT2D eigenvalue weighted by atomic mass is 19.1. The van der Waals surface area contributed by atoms with Crippen LogP contribution in [0.5, 0.6) is 17.6 Å². The van der Waals surface area contributed by atoms with Gasteiger partial charge in [-0.3, -0.25) is 4.90 Å². The smallest absolute Gasteiger partial charge is 0.319 e. The number of rotatable bonds is 8. The minimum atomic E-state index is -1.22. The van der Waals surface area contributed by atoms with Gasteiger partial charge in [-0.1, -0.05) is 19.4 Å². The summed E-state index contributed by atoms with van der Waals surface area (Å²) in [5, 5.41) is 23.1. The van der Waals surface area contributed by atoms with Crippen molar-refractivity contribution in [2.24, 2.45) is 11.1 Å². The Morgan fingerprint density at radius 1 is 1.08 bits per heavy atom. The molecule has 2 unspecified atom stereocenters. The highest BCUT2D eigenvalue weighted by Gasteiger charge is 2.51. The number of hydrogen-bond acceptors (Lipinski definition) is 11. The quantitative estimate of drug-likeness (QED) is 0.213. The number of benzene rings is 2. The van der Waals surface area contributed by atoms with E-state index in [4.69, 9.17) is 29.9 Å². The van der Waals surface area contributed by atoms with Gasteiger partial charge in [0.1, 0.15) is 39.6 Å². The Kier molecular flexibility index (Phi) is 9.12. The van der Waals surface area contributed by atoms with Gasteiger partial charge in [-0.2, -0.15) is 9.97 Å². The molecule has 0 amide bonds. The molecule has 4 fully saturated rings. The Hall–Kier alpha value is -3.91. The van der Waals surface area contributed by atoms with Crippen LogP contribution in [-0.4, -0.2) is 100 Å². The molecule has 278 valence electrons. The van der Waals surface area contributed by atoms with Crippen LogP contribution in [0, 0.1) is 17.0 Å². The first-order valence-electron chi connectivity index (χ1n) is 18.6. The summed E-state index contributed by atoms with van der Waals surface area (Å²) in [6, 6.07) is 6.97. The number of hydrogen-bond donors (Lipinski definition) is 3. The van der Waals surface area contributed by atoms with Crippen LogP contribution in [0.25, 0.3) is 32.9 Å². The predicted molar refractivity (Wildman–Crippen MR) is 194 cm³/mol. The molecule has 0 radical (unpaired) electrons. The molecule has 0 spiro atoms. The topological polar surface area (TPSA) is 139 Å². The third-order valence-electron chi connectivity index (χ3n) is 11.9. The van der Waals surface area contributed by atoms with E-state index in [1.165, 1.54) is 25.3 Å². The molecular formula is C39H48F2N6O5. The second-order valence-corrected chi connectivity index (χ2v) is 15.6. The number of β-amino-alcohol motifs (C(OH)–C–C–N with tert-alkyl or cyclic N) is 1. The van der Waals surface area contributed by atoms with Crippen molar-refractivity contribution in [1.82, 2.24) is 19.9 Å². The van der Waals surface area contributed by atoms with Crippen molar-refractivity contribution in [3.63, 3.8) is 0 Å². The Balaban J connectivity index is 1.27. The number of fused-ring (bicyclic) bond motifs is 3. The van der Waals surface area contributed by atoms with Crippen molar-refractivity contribution in [3.8, 4) is 28.9 Å². The average molecular weight is 719 g/mol. The molecule has 2 saturated heterocycles. The first-order valence-corrected chi connectivity index (χ1v) is 18.6. The summed E-state index contributed by atoms with van der Waals surface area (Å²) in [5.41, 5.74) is 5.24. The molecule has 2 aliphatic carbocycles. The van der Waals surface area contributed by atoms with Crippen LogP contribution < -0.4 is 20.1 Å². The number of aromatic hydroxyl groups is 1. The fourth-order valence-electron chi connectivity index (χ4n) is 9.42. The van der Waals surface area contributed by atoms with Gasteiger partial charge in [0.05, 0.1) is 33.5 Å². The van der Waals surface area contributed by atoms with Crippen LogP contribution in [0.3, 0.4) is 0 Å². The number of ether oxygens (including phenoxy) is 3. The lowest BCUT2D eigenvalue weighted by molar-refractivity contribution is -0.0439. The normalized spacial score (nSPS) is 28.1. The monoisotopic (exact) mass is 718 g/mol. The maximum atomic E-state index is 17.3. The Morgan fingerprint density at radius 3 is 2.65 bits per heavy atom. The number of nitrogens with two attached hydrogens (primary N) is 1. The summed E-state index contributed by atoms with van der Waals surface area (Å²) in [6.07, 6.45) is 7.70. The molecule has 2 aromatic carbocycles. The van der Waals surface area contributed by atoms with Gasteiger partial charge < -0.3 is 35.1 Å². The lowest BCUT2D eigenvalue weighted by Gasteiger charge is -2.52. The SMILES string of the molecule is CCc1c(F)ccc2cc(O)cc(-c3nc(OC)c4c(N5CCOC[C@@](C)(O)C5)nc(OCC56CCCC5N(C5CC(N)C5)CCC6)nc4c3F)c12. The number of aromatic nitrogens is 3. The second-order valence-electron chi connectivity index (χ2n) is 15.6. The molecule has 4 heterocycles. The predicted octanol–water partition coefficient (Wildman–Crippen LogP) is 5.49. The largest absolute Gasteiger partial charge is 0.508 e. The van der Waals surface area contributed by atoms with E-state index in [1.54, 1.807) is 13.0 Å². The molecule has 11 nitrogen and oxygen atoms in total. The lowest BCUT2D eigenvalue weighted by atomic mass is 9.73. The summed E-state index contributed by atoms with van der Waals surface area (Å²) >= 11 is 0. The lowest BCUT2D eigenvalue weighted by Crippen LogP contribution is -2.60. The van der Waals surface area contributed by atoms with Crippen molar-refractivity contribution >= 4 is 27.5 Å². The molecule has 52 heavy (non-hydrogen) atoms. The Labute approximate surface area is 302 Å². The van der Waals surface area contributed by atoms with E-state index in [9.17, 15) is 10.2 Å². The van der Waals surface area contributed by atoms with Crippen molar-refractivity contribution in [2.45, 2.75) is 88.9 Å². The van der Waals surface area contributed by atoms with E-state index in [0.717, 1.165) is 51.5 Å². The van der Waals surface area contributed by atoms with Crippen LogP contribution in [0.4, 0.5) is 14.6 Å². The van der Waals surface area contributed by atoms with Crippen LogP contribution in [0.1, 0.15) is 64.4 Å². The van der Waals surface area contributed by atoms with Gasteiger partial charge in [0.2, 0.25) is 5.88 Å². The van der Waals surface area contributed by atoms with Gasteiger partial charge in [0.25, 0.3) is 0 Å². The number of likely N-dealkylation sites (tertiary alicyclic amines) is 1. The third kappa shape index (κ3) is 6.09. The van der Waals surface area contributed by atoms with E-state index in [2.05, 4.69) is 9.88 Å². The number of methoxy groups -OCH3 is 1. The minimum Gasteiger partial charge on any atom is -0.508 e. The third-order valence-corrected chi connectivity index (χ3v) is 11.9. The van der Waals surface area contributed by atoms with Gasteiger partial charge in [0, 0.05) is 35.6 Å². The van der Waals surface area contributed by atoms with Gasteiger partial charge in [-0.05, 0) is 92.9 Å². The number of piperidine rings is 1. The molecule has 3 atom stereocenters. The summed E-state index contributed by atoms with van der Waals surface area (Å²) in [5.74, 6) is -0.999. The molecule has 0 bridgehead atoms. The standard InChI is InChI=1S/C39H48F2N6O5/c1-4-26-28(40)9-8-22-15-25(48)18-27(30(22)26)33-32(41)34-31(36(43-33)50-3)35(46-13-14-51-20-38(2,49)19-46)45-37(44-34)52-21-39-10-5-7-29(39)47(12-6-11-39)24-16-23(42)17-24/h8-9,15,18,23-24,29,48-49H,4-7,10-14,16-17,19-21,42H2,1-3H3/t23?,24?,29?,38-,39?/m0/s1. The molecule has 2 aliphatic heterocycles. The molecule has 4 aliphatic rings. The van der Waals surface area contributed by atoms with Crippen LogP contribution in [-0.2, 0) is 11.2 Å². The van der Waals surface area contributed by atoms with E-state index >= 15 is 8.78 Å². The number of aliphatic hydroxyl groups is 1. The van der Waals surface area contributed by atoms with Gasteiger partial charge >= 0.3 is 6.01 Å². The molecule has 4 aromatic rings. The maximum absolute atomic E-state index is 17.3. The zero-order valence-electron chi connectivity index (χ0n) is 30.1. The highest BCUT2D eigenvalue weighted by molar-refractivity contribution is 6.03. The summed E-state index contributed by atoms with van der Waals surface area (Å²) in [6.45, 7) is 5.87. The van der Waals surface area contributed by atoms with Gasteiger partial charge in [-0.15, -0.1) is 0 Å². The van der Waals surface area contributed by atoms with E-state index in [-0.39, 0.29) is 64.4 Å². The number of phenols is 1. The summed E-state index contributed by atoms with van der Waals surface area (Å²) in [7, 11) is 1.43. The van der Waals surface area contributed by atoms with Gasteiger partial charge in [0.15, 0.2) is 5.82 Å². The molecule has 8 rings (SSSR count). The van der Waals surface area contributed by atoms with Crippen molar-refractivity contribution in [2.75, 3.05) is 51.5 Å². The van der Waals surface area contributed by atoms with Gasteiger partial charge in [-0.25, -0.2) is 13.8 Å². The first-order chi connectivity index (χ1) is 25.0. The molecule has 13 heteroatoms. The summed E-state index contributed by atoms with van der Waals surface area (Å²) < 4.78 is 50.6. The Morgan fingerprint density at radius 2 is 1.88 bits per heavy atom. The fourth-order valence-corrected chi connectivity index (χ4v) is 9.42. The molecule has 2 saturated carbocycles. The highest BCUT2D eigenvalue weighted by Crippen LogP contribution is 2.50. The Bertz CT molecular complexity index is 2010. The zero-order chi connectivity index (χ0) is 36.4. The maximum Gasteiger partial charge on any atom is 0.319 e. The van der Waals surface area contributed by atoms with Crippen LogP contribution in [0.15, 0.2) is 24.3 Å². The fraction of sp³-hybridized carbons (Fsp3) is 0.564. The van der Waals surface area contributed by atoms with E-state index < -0.39 is 17.2 Å². The minimum absolute atomic E-state index is 0.00860. The van der Waals surface area contributed by atoms with Crippen molar-refractivity contribution in [3.05, 3.63) is 41.5 Å². The molecule has 2 aromatic heterocycles. The number of nitrogens with zero attached hydrogens (tertiary/aromatic N) is 5. The van der Waals surface area contributed by atoms with Crippen LogP contribution in [0.2, 0.25) is 0 Å². The number of anilines is 1. The average Bonchev–Trinajstić information content (AvgIpc) is 3.46. The number of phenolic OH excluding ortho intramolecular Hbond substituents is 1. The van der Waals surface area contributed by atoms with Crippen molar-refractivity contribution < 1.29 is 33.2 Å². The van der Waals surface area contributed by atoms with E-state index in [1.807, 2.05) is 11.8 Å². The molecule has 4 N–H and O–H groups in total. The number of aryl methyl sites for hydroxylation is 1. The van der Waals surface area contributed by atoms with E-state index in [0.29, 0.717) is 60.4 Å². The summed E-state index contributed by atoms with van der Waals surface area (Å²) in [4.78, 5) is 18.8. The number of pyridine rings is 1. The molecular weight excluding hydrogens is 670 g/mol. The first kappa shape index (κ1) is 35.1.